The molecular formula is C19H32N2O3Si. The summed E-state index contributed by atoms with van der Waals surface area (Å²) >= 11 is 0. The lowest BCUT2D eigenvalue weighted by Gasteiger charge is -2.31. The van der Waals surface area contributed by atoms with Crippen molar-refractivity contribution in [1.82, 2.24) is 10.2 Å². The van der Waals surface area contributed by atoms with Crippen LogP contribution in [0.2, 0.25) is 19.6 Å². The number of nitrogens with zero attached hydrogens (tertiary/aromatic N) is 1. The molecule has 1 N–H and O–H groups in total. The molecule has 6 heteroatoms. The Morgan fingerprint density at radius 2 is 1.72 bits per heavy atom. The minimum atomic E-state index is -1.50. The second kappa shape index (κ2) is 8.51. The highest BCUT2D eigenvalue weighted by molar-refractivity contribution is 6.76. The molecule has 0 fully saturated rings. The summed E-state index contributed by atoms with van der Waals surface area (Å²) in [5.74, 6) is -0.0860. The van der Waals surface area contributed by atoms with Gasteiger partial charge in [0.1, 0.15) is 11.6 Å². The van der Waals surface area contributed by atoms with E-state index in [1.807, 2.05) is 35.2 Å². The molecule has 1 aromatic rings. The molecule has 0 aliphatic rings. The van der Waals surface area contributed by atoms with E-state index in [9.17, 15) is 9.59 Å². The summed E-state index contributed by atoms with van der Waals surface area (Å²) < 4.78 is 5.25. The third-order valence-electron chi connectivity index (χ3n) is 3.30. The fourth-order valence-electron chi connectivity index (χ4n) is 2.41. The van der Waals surface area contributed by atoms with E-state index in [1.165, 1.54) is 0 Å². The Morgan fingerprint density at radius 1 is 1.16 bits per heavy atom. The molecule has 0 saturated carbocycles. The molecule has 0 aliphatic carbocycles. The molecule has 140 valence electrons. The lowest BCUT2D eigenvalue weighted by atomic mass is 10.2. The lowest BCUT2D eigenvalue weighted by Crippen LogP contribution is -2.51. The van der Waals surface area contributed by atoms with E-state index >= 15 is 0 Å². The maximum Gasteiger partial charge on any atom is 0.408 e. The summed E-state index contributed by atoms with van der Waals surface area (Å²) in [4.78, 5) is 26.7. The van der Waals surface area contributed by atoms with Crippen molar-refractivity contribution < 1.29 is 14.3 Å². The predicted molar refractivity (Wildman–Crippen MR) is 104 cm³/mol. The van der Waals surface area contributed by atoms with E-state index in [0.29, 0.717) is 6.54 Å². The standard InChI is InChI=1S/C19H32N2O3Si/c1-15(20-18(23)24-19(2,3)4)17(22)21(14-25(5,6)7)13-16-11-9-8-10-12-16/h8-12,15H,13-14H2,1-7H3,(H,20,23)/t15-/m1/s1. The first-order valence-corrected chi connectivity index (χ1v) is 12.4. The largest absolute Gasteiger partial charge is 0.444 e. The van der Waals surface area contributed by atoms with Crippen molar-refractivity contribution in [2.24, 2.45) is 0 Å². The second-order valence-corrected chi connectivity index (χ2v) is 14.0. The van der Waals surface area contributed by atoms with E-state index in [2.05, 4.69) is 25.0 Å². The number of nitrogens with one attached hydrogen (secondary N) is 1. The fourth-order valence-corrected chi connectivity index (χ4v) is 3.82. The molecular weight excluding hydrogens is 332 g/mol. The minimum Gasteiger partial charge on any atom is -0.444 e. The molecule has 1 atom stereocenters. The van der Waals surface area contributed by atoms with Crippen LogP contribution in [0.4, 0.5) is 4.79 Å². The normalized spacial score (nSPS) is 13.1. The van der Waals surface area contributed by atoms with E-state index in [1.54, 1.807) is 27.7 Å². The van der Waals surface area contributed by atoms with Crippen molar-refractivity contribution in [2.45, 2.75) is 65.5 Å². The van der Waals surface area contributed by atoms with Gasteiger partial charge in [-0.2, -0.15) is 0 Å². The Kier molecular flexibility index (Phi) is 7.23. The van der Waals surface area contributed by atoms with Crippen molar-refractivity contribution >= 4 is 20.1 Å². The number of carbonyl (C=O) groups is 2. The molecule has 0 saturated heterocycles. The molecule has 0 radical (unpaired) electrons. The monoisotopic (exact) mass is 364 g/mol. The number of ether oxygens (including phenoxy) is 1. The van der Waals surface area contributed by atoms with Crippen molar-refractivity contribution in [3.8, 4) is 0 Å². The van der Waals surface area contributed by atoms with Crippen LogP contribution in [0.15, 0.2) is 30.3 Å². The Balaban J connectivity index is 2.82. The molecule has 1 rings (SSSR count). The van der Waals surface area contributed by atoms with Gasteiger partial charge in [0.25, 0.3) is 0 Å². The SMILES string of the molecule is C[C@@H](NC(=O)OC(C)(C)C)C(=O)N(Cc1ccccc1)C[Si](C)(C)C. The number of carbonyl (C=O) groups excluding carboxylic acids is 2. The summed E-state index contributed by atoms with van der Waals surface area (Å²) in [6.07, 6.45) is 0.169. The third-order valence-corrected chi connectivity index (χ3v) is 4.63. The predicted octanol–water partition coefficient (Wildman–Crippen LogP) is 3.81. The zero-order valence-corrected chi connectivity index (χ0v) is 17.6. The number of hydrogen-bond donors (Lipinski definition) is 1. The highest BCUT2D eigenvalue weighted by Gasteiger charge is 2.28. The van der Waals surface area contributed by atoms with Gasteiger partial charge in [-0.1, -0.05) is 50.0 Å². The van der Waals surface area contributed by atoms with Crippen LogP contribution in [0.1, 0.15) is 33.3 Å². The quantitative estimate of drug-likeness (QED) is 0.781. The number of rotatable bonds is 6. The molecule has 5 nitrogen and oxygen atoms in total. The molecule has 0 unspecified atom stereocenters. The third kappa shape index (κ3) is 8.72. The van der Waals surface area contributed by atoms with Crippen molar-refractivity contribution in [1.29, 1.82) is 0 Å². The van der Waals surface area contributed by atoms with Crippen LogP contribution in [0.3, 0.4) is 0 Å². The first-order valence-electron chi connectivity index (χ1n) is 8.70. The average Bonchev–Trinajstić information content (AvgIpc) is 2.43. The Bertz CT molecular complexity index is 577. The number of alkyl carbamates (subject to hydrolysis) is 1. The molecule has 0 heterocycles. The van der Waals surface area contributed by atoms with Gasteiger partial charge in [0.05, 0.1) is 8.07 Å². The summed E-state index contributed by atoms with van der Waals surface area (Å²) in [6, 6.07) is 9.28. The van der Waals surface area contributed by atoms with Gasteiger partial charge < -0.3 is 15.0 Å². The van der Waals surface area contributed by atoms with Gasteiger partial charge in [0, 0.05) is 12.7 Å². The Labute approximate surface area is 152 Å². The number of amides is 2. The van der Waals surface area contributed by atoms with Crippen LogP contribution in [0, 0.1) is 0 Å². The van der Waals surface area contributed by atoms with Gasteiger partial charge in [-0.25, -0.2) is 4.79 Å². The summed E-state index contributed by atoms with van der Waals surface area (Å²) in [5.41, 5.74) is 0.494. The van der Waals surface area contributed by atoms with Crippen LogP contribution in [-0.2, 0) is 16.1 Å². The second-order valence-electron chi connectivity index (χ2n) is 8.61. The first-order chi connectivity index (χ1) is 11.4. The molecule has 0 aliphatic heterocycles. The summed E-state index contributed by atoms with van der Waals surface area (Å²) in [6.45, 7) is 14.3. The zero-order chi connectivity index (χ0) is 19.3. The van der Waals surface area contributed by atoms with Gasteiger partial charge >= 0.3 is 6.09 Å². The summed E-state index contributed by atoms with van der Waals surface area (Å²) in [7, 11) is -1.50. The van der Waals surface area contributed by atoms with Crippen LogP contribution in [-0.4, -0.2) is 42.8 Å². The van der Waals surface area contributed by atoms with Crippen LogP contribution in [0.25, 0.3) is 0 Å². The first kappa shape index (κ1) is 21.2. The highest BCUT2D eigenvalue weighted by Crippen LogP contribution is 2.12. The molecule has 0 aromatic heterocycles. The Morgan fingerprint density at radius 3 is 2.20 bits per heavy atom. The highest BCUT2D eigenvalue weighted by atomic mass is 28.3. The van der Waals surface area contributed by atoms with E-state index < -0.39 is 25.8 Å². The maximum absolute atomic E-state index is 12.9. The average molecular weight is 365 g/mol. The van der Waals surface area contributed by atoms with Gasteiger partial charge in [-0.15, -0.1) is 0 Å². The van der Waals surface area contributed by atoms with Gasteiger partial charge in [0.15, 0.2) is 0 Å². The number of hydrogen-bond acceptors (Lipinski definition) is 3. The zero-order valence-electron chi connectivity index (χ0n) is 16.6. The molecule has 1 aromatic carbocycles. The van der Waals surface area contributed by atoms with E-state index in [-0.39, 0.29) is 5.91 Å². The smallest absolute Gasteiger partial charge is 0.408 e. The van der Waals surface area contributed by atoms with E-state index in [4.69, 9.17) is 4.74 Å². The molecule has 0 bridgehead atoms. The van der Waals surface area contributed by atoms with E-state index in [0.717, 1.165) is 11.7 Å². The molecule has 0 spiro atoms. The van der Waals surface area contributed by atoms with Crippen molar-refractivity contribution in [3.05, 3.63) is 35.9 Å². The van der Waals surface area contributed by atoms with Gasteiger partial charge in [0.2, 0.25) is 5.91 Å². The Hall–Kier alpha value is -1.82. The van der Waals surface area contributed by atoms with Crippen LogP contribution >= 0.6 is 0 Å². The molecule has 25 heavy (non-hydrogen) atoms. The van der Waals surface area contributed by atoms with Crippen molar-refractivity contribution in [2.75, 3.05) is 6.17 Å². The molecule has 2 amide bonds. The van der Waals surface area contributed by atoms with Gasteiger partial charge in [-0.3, -0.25) is 4.79 Å². The minimum absolute atomic E-state index is 0.0860. The maximum atomic E-state index is 12.9. The van der Waals surface area contributed by atoms with Crippen molar-refractivity contribution in [3.63, 3.8) is 0 Å². The number of benzene rings is 1. The van der Waals surface area contributed by atoms with Gasteiger partial charge in [-0.05, 0) is 33.3 Å². The van der Waals surface area contributed by atoms with Crippen LogP contribution in [0.5, 0.6) is 0 Å². The summed E-state index contributed by atoms with van der Waals surface area (Å²) in [5, 5.41) is 2.65. The topological polar surface area (TPSA) is 58.6 Å². The van der Waals surface area contributed by atoms with Crippen LogP contribution < -0.4 is 5.32 Å². The fraction of sp³-hybridized carbons (Fsp3) is 0.579. The lowest BCUT2D eigenvalue weighted by molar-refractivity contribution is -0.132.